The standard InChI is InChI=1S/C13H14BrNO3/c1-8-7-15(5-4-11(8)16)13(18)10-3-2-9(14)6-12(10)17/h2-3,6,8,17H,4-5,7H2,1H3. The fraction of sp³-hybridized carbons (Fsp3) is 0.385. The Morgan fingerprint density at radius 2 is 2.22 bits per heavy atom. The maximum absolute atomic E-state index is 12.2. The minimum absolute atomic E-state index is 0.0427. The number of phenolic OH excluding ortho intramolecular Hbond substituents is 1. The number of likely N-dealkylation sites (tertiary alicyclic amines) is 1. The lowest BCUT2D eigenvalue weighted by molar-refractivity contribution is -0.124. The van der Waals surface area contributed by atoms with Crippen LogP contribution in [0.1, 0.15) is 23.7 Å². The van der Waals surface area contributed by atoms with Crippen LogP contribution < -0.4 is 0 Å². The topological polar surface area (TPSA) is 57.6 Å². The highest BCUT2D eigenvalue weighted by Crippen LogP contribution is 2.25. The third kappa shape index (κ3) is 2.56. The van der Waals surface area contributed by atoms with Crippen LogP contribution >= 0.6 is 15.9 Å². The van der Waals surface area contributed by atoms with E-state index in [-0.39, 0.29) is 28.9 Å². The van der Waals surface area contributed by atoms with E-state index >= 15 is 0 Å². The van der Waals surface area contributed by atoms with Crippen molar-refractivity contribution in [1.29, 1.82) is 0 Å². The molecule has 0 saturated carbocycles. The Morgan fingerprint density at radius 1 is 1.50 bits per heavy atom. The summed E-state index contributed by atoms with van der Waals surface area (Å²) in [6.07, 6.45) is 0.393. The SMILES string of the molecule is CC1CN(C(=O)c2ccc(Br)cc2O)CCC1=O. The van der Waals surface area contributed by atoms with Crippen molar-refractivity contribution in [2.45, 2.75) is 13.3 Å². The fourth-order valence-corrected chi connectivity index (χ4v) is 2.40. The van der Waals surface area contributed by atoms with Gasteiger partial charge < -0.3 is 10.0 Å². The summed E-state index contributed by atoms with van der Waals surface area (Å²) in [7, 11) is 0. The predicted molar refractivity (Wildman–Crippen MR) is 70.5 cm³/mol. The second kappa shape index (κ2) is 5.10. The molecule has 1 unspecified atom stereocenters. The number of Topliss-reactive ketones (excluding diaryl/α,β-unsaturated/α-hetero) is 1. The minimum atomic E-state index is -0.223. The second-order valence-electron chi connectivity index (χ2n) is 4.53. The van der Waals surface area contributed by atoms with E-state index in [4.69, 9.17) is 0 Å². The first-order valence-corrected chi connectivity index (χ1v) is 6.59. The van der Waals surface area contributed by atoms with Crippen LogP contribution in [0.25, 0.3) is 0 Å². The van der Waals surface area contributed by atoms with Crippen molar-refractivity contribution in [3.05, 3.63) is 28.2 Å². The number of halogens is 1. The van der Waals surface area contributed by atoms with Gasteiger partial charge in [-0.3, -0.25) is 9.59 Å². The van der Waals surface area contributed by atoms with Crippen LogP contribution in [-0.2, 0) is 4.79 Å². The van der Waals surface area contributed by atoms with Crippen LogP contribution in [0.15, 0.2) is 22.7 Å². The van der Waals surface area contributed by atoms with Crippen molar-refractivity contribution in [2.75, 3.05) is 13.1 Å². The summed E-state index contributed by atoms with van der Waals surface area (Å²) in [5.74, 6) is -0.197. The molecule has 2 rings (SSSR count). The first kappa shape index (κ1) is 13.1. The monoisotopic (exact) mass is 311 g/mol. The third-order valence-corrected chi connectivity index (χ3v) is 3.64. The molecule has 1 aliphatic heterocycles. The van der Waals surface area contributed by atoms with Crippen LogP contribution in [0, 0.1) is 5.92 Å². The number of amides is 1. The Morgan fingerprint density at radius 3 is 2.83 bits per heavy atom. The molecule has 0 radical (unpaired) electrons. The average Bonchev–Trinajstić information content (AvgIpc) is 2.32. The van der Waals surface area contributed by atoms with E-state index in [1.165, 1.54) is 6.07 Å². The molecule has 1 aromatic rings. The van der Waals surface area contributed by atoms with E-state index in [1.54, 1.807) is 17.0 Å². The second-order valence-corrected chi connectivity index (χ2v) is 5.45. The van der Waals surface area contributed by atoms with Gasteiger partial charge in [-0.1, -0.05) is 22.9 Å². The van der Waals surface area contributed by atoms with Crippen LogP contribution in [0.2, 0.25) is 0 Å². The van der Waals surface area contributed by atoms with Crippen molar-refractivity contribution >= 4 is 27.6 Å². The maximum atomic E-state index is 12.2. The number of piperidine rings is 1. The zero-order chi connectivity index (χ0) is 13.3. The van der Waals surface area contributed by atoms with Gasteiger partial charge in [0.2, 0.25) is 0 Å². The van der Waals surface area contributed by atoms with E-state index in [2.05, 4.69) is 15.9 Å². The van der Waals surface area contributed by atoms with Gasteiger partial charge in [0, 0.05) is 29.9 Å². The molecule has 4 nitrogen and oxygen atoms in total. The molecule has 1 amide bonds. The molecule has 1 atom stereocenters. The van der Waals surface area contributed by atoms with Gasteiger partial charge in [-0.25, -0.2) is 0 Å². The van der Waals surface area contributed by atoms with Crippen LogP contribution in [0.5, 0.6) is 5.75 Å². The number of aromatic hydroxyl groups is 1. The van der Waals surface area contributed by atoms with E-state index in [0.717, 1.165) is 4.47 Å². The van der Waals surface area contributed by atoms with Gasteiger partial charge in [0.05, 0.1) is 5.56 Å². The van der Waals surface area contributed by atoms with E-state index < -0.39 is 0 Å². The van der Waals surface area contributed by atoms with Gasteiger partial charge in [0.15, 0.2) is 0 Å². The summed E-state index contributed by atoms with van der Waals surface area (Å²) in [6.45, 7) is 2.67. The van der Waals surface area contributed by atoms with Gasteiger partial charge in [-0.15, -0.1) is 0 Å². The lowest BCUT2D eigenvalue weighted by Crippen LogP contribution is -2.43. The molecule has 1 aromatic carbocycles. The number of carbonyl (C=O) groups excluding carboxylic acids is 2. The molecule has 1 fully saturated rings. The summed E-state index contributed by atoms with van der Waals surface area (Å²) in [6, 6.07) is 4.79. The Bertz CT molecular complexity index is 501. The maximum Gasteiger partial charge on any atom is 0.257 e. The molecule has 0 bridgehead atoms. The Kier molecular flexibility index (Phi) is 3.71. The van der Waals surface area contributed by atoms with Gasteiger partial charge in [-0.05, 0) is 18.2 Å². The molecule has 18 heavy (non-hydrogen) atoms. The molecule has 5 heteroatoms. The molecule has 1 saturated heterocycles. The van der Waals surface area contributed by atoms with Gasteiger partial charge in [0.1, 0.15) is 11.5 Å². The van der Waals surface area contributed by atoms with Crippen LogP contribution in [0.3, 0.4) is 0 Å². The quantitative estimate of drug-likeness (QED) is 0.865. The zero-order valence-corrected chi connectivity index (χ0v) is 11.6. The number of hydrogen-bond donors (Lipinski definition) is 1. The van der Waals surface area contributed by atoms with E-state index in [0.29, 0.717) is 19.5 Å². The number of benzene rings is 1. The number of carbonyl (C=O) groups is 2. The minimum Gasteiger partial charge on any atom is -0.507 e. The lowest BCUT2D eigenvalue weighted by atomic mass is 9.98. The van der Waals surface area contributed by atoms with Crippen molar-refractivity contribution in [1.82, 2.24) is 4.90 Å². The Hall–Kier alpha value is -1.36. The number of phenols is 1. The van der Waals surface area contributed by atoms with Gasteiger partial charge >= 0.3 is 0 Å². The van der Waals surface area contributed by atoms with Crippen LogP contribution in [0.4, 0.5) is 0 Å². The Balaban J connectivity index is 2.19. The highest BCUT2D eigenvalue weighted by Gasteiger charge is 2.28. The van der Waals surface area contributed by atoms with Crippen molar-refractivity contribution in [3.63, 3.8) is 0 Å². The summed E-state index contributed by atoms with van der Waals surface area (Å²) in [5.41, 5.74) is 0.278. The normalized spacial score (nSPS) is 20.0. The molecular formula is C13H14BrNO3. The highest BCUT2D eigenvalue weighted by atomic mass is 79.9. The van der Waals surface area contributed by atoms with Crippen LogP contribution in [-0.4, -0.2) is 34.8 Å². The summed E-state index contributed by atoms with van der Waals surface area (Å²) < 4.78 is 0.721. The predicted octanol–water partition coefficient (Wildman–Crippen LogP) is 2.21. The van der Waals surface area contributed by atoms with Gasteiger partial charge in [0.25, 0.3) is 5.91 Å². The molecular weight excluding hydrogens is 298 g/mol. The largest absolute Gasteiger partial charge is 0.507 e. The summed E-state index contributed by atoms with van der Waals surface area (Å²) in [4.78, 5) is 25.3. The zero-order valence-electron chi connectivity index (χ0n) is 10.0. The molecule has 0 aliphatic carbocycles. The fourth-order valence-electron chi connectivity index (χ4n) is 2.06. The smallest absolute Gasteiger partial charge is 0.257 e. The molecule has 96 valence electrons. The average molecular weight is 312 g/mol. The first-order chi connectivity index (χ1) is 8.49. The molecule has 0 aromatic heterocycles. The van der Waals surface area contributed by atoms with Crippen molar-refractivity contribution < 1.29 is 14.7 Å². The first-order valence-electron chi connectivity index (χ1n) is 5.79. The van der Waals surface area contributed by atoms with Crippen molar-refractivity contribution in [2.24, 2.45) is 5.92 Å². The number of ketones is 1. The molecule has 1 aliphatic rings. The highest BCUT2D eigenvalue weighted by molar-refractivity contribution is 9.10. The number of nitrogens with zero attached hydrogens (tertiary/aromatic N) is 1. The number of rotatable bonds is 1. The lowest BCUT2D eigenvalue weighted by Gasteiger charge is -2.30. The molecule has 1 heterocycles. The van der Waals surface area contributed by atoms with E-state index in [1.807, 2.05) is 6.92 Å². The number of hydrogen-bond acceptors (Lipinski definition) is 3. The summed E-state index contributed by atoms with van der Waals surface area (Å²) >= 11 is 3.23. The Labute approximate surface area is 114 Å². The van der Waals surface area contributed by atoms with E-state index in [9.17, 15) is 14.7 Å². The van der Waals surface area contributed by atoms with Crippen molar-refractivity contribution in [3.8, 4) is 5.75 Å². The molecule has 1 N–H and O–H groups in total. The summed E-state index contributed by atoms with van der Waals surface area (Å²) in [5, 5.41) is 9.77. The van der Waals surface area contributed by atoms with Gasteiger partial charge in [-0.2, -0.15) is 0 Å². The third-order valence-electron chi connectivity index (χ3n) is 3.15. The molecule has 0 spiro atoms.